The lowest BCUT2D eigenvalue weighted by Gasteiger charge is -2.32. The van der Waals surface area contributed by atoms with E-state index in [1.165, 1.54) is 24.3 Å². The molecular formula is C12H16N2O4S. The van der Waals surface area contributed by atoms with Crippen molar-refractivity contribution in [3.8, 4) is 5.75 Å². The molecule has 0 aromatic heterocycles. The zero-order chi connectivity index (χ0) is 14.0. The van der Waals surface area contributed by atoms with Crippen LogP contribution in [0, 0.1) is 0 Å². The molecule has 1 unspecified atom stereocenters. The minimum absolute atomic E-state index is 0.192. The average molecular weight is 284 g/mol. The zero-order valence-corrected chi connectivity index (χ0v) is 11.1. The minimum atomic E-state index is -3.90. The standard InChI is InChI=1S/C12H16N2O4S/c13-12(16)9-5-3-4-8-14(9)19(17,18)11-7-2-1-6-10(11)15/h1-2,6-7,9,15H,3-5,8H2,(H2,13,16). The summed E-state index contributed by atoms with van der Waals surface area (Å²) in [6.07, 6.45) is 1.86. The second-order valence-electron chi connectivity index (χ2n) is 4.50. The number of piperidine rings is 1. The Hall–Kier alpha value is -1.60. The van der Waals surface area contributed by atoms with Crippen LogP contribution in [0.1, 0.15) is 19.3 Å². The van der Waals surface area contributed by atoms with Crippen LogP contribution < -0.4 is 5.73 Å². The van der Waals surface area contributed by atoms with Gasteiger partial charge >= 0.3 is 0 Å². The summed E-state index contributed by atoms with van der Waals surface area (Å²) in [5, 5.41) is 9.68. The fourth-order valence-corrected chi connectivity index (χ4v) is 4.03. The molecule has 1 heterocycles. The van der Waals surface area contributed by atoms with Crippen LogP contribution in [0.3, 0.4) is 0 Å². The summed E-state index contributed by atoms with van der Waals surface area (Å²) in [7, 11) is -3.90. The predicted octanol–water partition coefficient (Wildman–Crippen LogP) is 0.421. The minimum Gasteiger partial charge on any atom is -0.507 e. The highest BCUT2D eigenvalue weighted by Gasteiger charge is 2.37. The number of carbonyl (C=O) groups excluding carboxylic acids is 1. The molecule has 1 amide bonds. The molecule has 2 rings (SSSR count). The highest BCUT2D eigenvalue weighted by Crippen LogP contribution is 2.29. The maximum atomic E-state index is 12.5. The number of sulfonamides is 1. The molecule has 0 radical (unpaired) electrons. The van der Waals surface area contributed by atoms with Gasteiger partial charge in [0.05, 0.1) is 0 Å². The van der Waals surface area contributed by atoms with Gasteiger partial charge < -0.3 is 10.8 Å². The van der Waals surface area contributed by atoms with Crippen molar-refractivity contribution in [3.05, 3.63) is 24.3 Å². The summed E-state index contributed by atoms with van der Waals surface area (Å²) >= 11 is 0. The van der Waals surface area contributed by atoms with E-state index in [4.69, 9.17) is 5.73 Å². The lowest BCUT2D eigenvalue weighted by atomic mass is 10.0. The van der Waals surface area contributed by atoms with E-state index in [1.54, 1.807) is 0 Å². The van der Waals surface area contributed by atoms with Crippen molar-refractivity contribution >= 4 is 15.9 Å². The number of amides is 1. The fourth-order valence-electron chi connectivity index (χ4n) is 2.28. The molecule has 1 atom stereocenters. The van der Waals surface area contributed by atoms with Gasteiger partial charge in [-0.2, -0.15) is 4.31 Å². The van der Waals surface area contributed by atoms with Crippen molar-refractivity contribution in [1.82, 2.24) is 4.31 Å². The van der Waals surface area contributed by atoms with Crippen molar-refractivity contribution in [2.24, 2.45) is 5.73 Å². The number of primary amides is 1. The third-order valence-corrected chi connectivity index (χ3v) is 5.19. The van der Waals surface area contributed by atoms with Crippen molar-refractivity contribution in [2.45, 2.75) is 30.2 Å². The van der Waals surface area contributed by atoms with Gasteiger partial charge in [0.2, 0.25) is 15.9 Å². The van der Waals surface area contributed by atoms with Crippen LogP contribution in [-0.2, 0) is 14.8 Å². The van der Waals surface area contributed by atoms with Gasteiger partial charge in [-0.1, -0.05) is 18.6 Å². The van der Waals surface area contributed by atoms with Crippen LogP contribution >= 0.6 is 0 Å². The fraction of sp³-hybridized carbons (Fsp3) is 0.417. The summed E-state index contributed by atoms with van der Waals surface area (Å²) in [4.78, 5) is 11.2. The normalized spacial score (nSPS) is 21.2. The van der Waals surface area contributed by atoms with Crippen LogP contribution in [0.4, 0.5) is 0 Å². The molecule has 1 aliphatic rings. The van der Waals surface area contributed by atoms with E-state index in [0.29, 0.717) is 12.8 Å². The number of phenolic OH excluding ortho intramolecular Hbond substituents is 1. The Labute approximate surface area is 111 Å². The number of para-hydroxylation sites is 1. The summed E-state index contributed by atoms with van der Waals surface area (Å²) in [5.41, 5.74) is 5.26. The number of aromatic hydroxyl groups is 1. The van der Waals surface area contributed by atoms with Crippen LogP contribution in [0.2, 0.25) is 0 Å². The van der Waals surface area contributed by atoms with Gasteiger partial charge in [-0.05, 0) is 25.0 Å². The van der Waals surface area contributed by atoms with Gasteiger partial charge in [0.15, 0.2) is 0 Å². The van der Waals surface area contributed by atoms with Crippen LogP contribution in [0.5, 0.6) is 5.75 Å². The predicted molar refractivity (Wildman–Crippen MR) is 68.8 cm³/mol. The highest BCUT2D eigenvalue weighted by atomic mass is 32.2. The molecule has 1 aromatic carbocycles. The van der Waals surface area contributed by atoms with Gasteiger partial charge in [-0.3, -0.25) is 4.79 Å². The molecule has 0 bridgehead atoms. The number of hydrogen-bond acceptors (Lipinski definition) is 4. The van der Waals surface area contributed by atoms with E-state index in [1.807, 2.05) is 0 Å². The van der Waals surface area contributed by atoms with Gasteiger partial charge in [-0.15, -0.1) is 0 Å². The van der Waals surface area contributed by atoms with Crippen LogP contribution in [0.15, 0.2) is 29.2 Å². The van der Waals surface area contributed by atoms with Crippen molar-refractivity contribution in [1.29, 1.82) is 0 Å². The van der Waals surface area contributed by atoms with Gasteiger partial charge in [0, 0.05) is 6.54 Å². The molecule has 1 aliphatic heterocycles. The van der Waals surface area contributed by atoms with Gasteiger partial charge in [-0.25, -0.2) is 8.42 Å². The first-order valence-corrected chi connectivity index (χ1v) is 7.48. The average Bonchev–Trinajstić information content (AvgIpc) is 2.39. The Morgan fingerprint density at radius 3 is 2.63 bits per heavy atom. The summed E-state index contributed by atoms with van der Waals surface area (Å²) in [6.45, 7) is 0.240. The molecule has 1 saturated heterocycles. The first kappa shape index (κ1) is 13.8. The number of carbonyl (C=O) groups is 1. The zero-order valence-electron chi connectivity index (χ0n) is 10.3. The lowest BCUT2D eigenvalue weighted by Crippen LogP contribution is -2.50. The Morgan fingerprint density at radius 2 is 2.00 bits per heavy atom. The first-order valence-electron chi connectivity index (χ1n) is 6.04. The monoisotopic (exact) mass is 284 g/mol. The molecule has 1 fully saturated rings. The third-order valence-electron chi connectivity index (χ3n) is 3.23. The van der Waals surface area contributed by atoms with E-state index in [-0.39, 0.29) is 17.2 Å². The topological polar surface area (TPSA) is 101 Å². The number of nitrogens with zero attached hydrogens (tertiary/aromatic N) is 1. The quantitative estimate of drug-likeness (QED) is 0.840. The number of benzene rings is 1. The van der Waals surface area contributed by atoms with E-state index >= 15 is 0 Å². The third kappa shape index (κ3) is 2.57. The van der Waals surface area contributed by atoms with Gasteiger partial charge in [0.25, 0.3) is 0 Å². The molecule has 0 spiro atoms. The second kappa shape index (κ2) is 5.18. The molecule has 0 aliphatic carbocycles. The van der Waals surface area contributed by atoms with Crippen molar-refractivity contribution < 1.29 is 18.3 Å². The van der Waals surface area contributed by atoms with Crippen LogP contribution in [0.25, 0.3) is 0 Å². The maximum absolute atomic E-state index is 12.5. The maximum Gasteiger partial charge on any atom is 0.247 e. The number of nitrogens with two attached hydrogens (primary N) is 1. The molecule has 0 saturated carbocycles. The largest absolute Gasteiger partial charge is 0.507 e. The van der Waals surface area contributed by atoms with Crippen molar-refractivity contribution in [2.75, 3.05) is 6.54 Å². The second-order valence-corrected chi connectivity index (χ2v) is 6.36. The Balaban J connectivity index is 2.43. The summed E-state index contributed by atoms with van der Waals surface area (Å²) < 4.78 is 26.1. The van der Waals surface area contributed by atoms with E-state index in [9.17, 15) is 18.3 Å². The molecule has 6 nitrogen and oxygen atoms in total. The lowest BCUT2D eigenvalue weighted by molar-refractivity contribution is -0.122. The SMILES string of the molecule is NC(=O)C1CCCCN1S(=O)(=O)c1ccccc1O. The number of rotatable bonds is 3. The molecule has 104 valence electrons. The van der Waals surface area contributed by atoms with E-state index in [2.05, 4.69) is 0 Å². The molecule has 19 heavy (non-hydrogen) atoms. The molecule has 7 heteroatoms. The Morgan fingerprint density at radius 1 is 1.32 bits per heavy atom. The summed E-state index contributed by atoms with van der Waals surface area (Å²) in [6, 6.07) is 4.85. The number of phenols is 1. The van der Waals surface area contributed by atoms with Crippen molar-refractivity contribution in [3.63, 3.8) is 0 Å². The number of hydrogen-bond donors (Lipinski definition) is 2. The molecule has 3 N–H and O–H groups in total. The molecular weight excluding hydrogens is 268 g/mol. The molecule has 1 aromatic rings. The van der Waals surface area contributed by atoms with E-state index < -0.39 is 22.0 Å². The summed E-state index contributed by atoms with van der Waals surface area (Å²) in [5.74, 6) is -0.977. The Bertz CT molecular complexity index is 585. The van der Waals surface area contributed by atoms with E-state index in [0.717, 1.165) is 10.7 Å². The smallest absolute Gasteiger partial charge is 0.247 e. The Kier molecular flexibility index (Phi) is 3.77. The highest BCUT2D eigenvalue weighted by molar-refractivity contribution is 7.89. The van der Waals surface area contributed by atoms with Gasteiger partial charge in [0.1, 0.15) is 16.7 Å². The first-order chi connectivity index (χ1) is 8.94. The van der Waals surface area contributed by atoms with Crippen LogP contribution in [-0.4, -0.2) is 36.3 Å².